The second-order valence-corrected chi connectivity index (χ2v) is 3.99. The van der Waals surface area contributed by atoms with E-state index in [1.165, 1.54) is 0 Å². The number of benzene rings is 1. The number of hydrogen-bond acceptors (Lipinski definition) is 2. The van der Waals surface area contributed by atoms with E-state index in [9.17, 15) is 0 Å². The average molecular weight is 233 g/mol. The lowest BCUT2D eigenvalue weighted by molar-refractivity contribution is 0.104. The summed E-state index contributed by atoms with van der Waals surface area (Å²) in [6.45, 7) is 1.86. The van der Waals surface area contributed by atoms with Crippen molar-refractivity contribution in [2.24, 2.45) is 0 Å². The number of rotatable bonds is 4. The van der Waals surface area contributed by atoms with Gasteiger partial charge in [0.1, 0.15) is 6.10 Å². The molecule has 1 atom stereocenters. The summed E-state index contributed by atoms with van der Waals surface area (Å²) in [5, 5.41) is 1.29. The predicted octanol–water partition coefficient (Wildman–Crippen LogP) is 2.91. The first-order valence-corrected chi connectivity index (χ1v) is 5.15. The SMILES string of the molecule is Clc1cccc(Cl)c1COCC1CO1. The lowest BCUT2D eigenvalue weighted by Crippen LogP contribution is -2.02. The van der Waals surface area contributed by atoms with Crippen LogP contribution in [0.15, 0.2) is 18.2 Å². The Morgan fingerprint density at radius 2 is 2.00 bits per heavy atom. The molecule has 2 rings (SSSR count). The minimum absolute atomic E-state index is 0.274. The molecule has 76 valence electrons. The van der Waals surface area contributed by atoms with Crippen molar-refractivity contribution in [3.8, 4) is 0 Å². The zero-order valence-corrected chi connectivity index (χ0v) is 9.02. The van der Waals surface area contributed by atoms with Gasteiger partial charge in [-0.2, -0.15) is 0 Å². The summed E-state index contributed by atoms with van der Waals surface area (Å²) >= 11 is 11.9. The Morgan fingerprint density at radius 3 is 2.57 bits per heavy atom. The first-order valence-electron chi connectivity index (χ1n) is 4.39. The molecule has 1 aliphatic rings. The normalized spacial score (nSPS) is 19.7. The molecule has 0 spiro atoms. The summed E-state index contributed by atoms with van der Waals surface area (Å²) in [6, 6.07) is 5.43. The summed E-state index contributed by atoms with van der Waals surface area (Å²) in [4.78, 5) is 0. The minimum Gasteiger partial charge on any atom is -0.374 e. The van der Waals surface area contributed by atoms with Gasteiger partial charge in [0.05, 0.1) is 19.8 Å². The van der Waals surface area contributed by atoms with Gasteiger partial charge in [-0.1, -0.05) is 29.3 Å². The van der Waals surface area contributed by atoms with Crippen LogP contribution in [0.25, 0.3) is 0 Å². The van der Waals surface area contributed by atoms with Gasteiger partial charge in [0.15, 0.2) is 0 Å². The molecule has 1 aromatic rings. The molecule has 2 nitrogen and oxygen atoms in total. The maximum Gasteiger partial charge on any atom is 0.104 e. The smallest absolute Gasteiger partial charge is 0.104 e. The molecule has 1 heterocycles. The quantitative estimate of drug-likeness (QED) is 0.746. The summed E-state index contributed by atoms with van der Waals surface area (Å²) in [7, 11) is 0. The second kappa shape index (κ2) is 4.49. The van der Waals surface area contributed by atoms with Crippen molar-refractivity contribution in [1.82, 2.24) is 0 Å². The van der Waals surface area contributed by atoms with Crippen LogP contribution in [0.5, 0.6) is 0 Å². The molecule has 4 heteroatoms. The van der Waals surface area contributed by atoms with E-state index in [1.807, 2.05) is 6.07 Å². The highest BCUT2D eigenvalue weighted by molar-refractivity contribution is 6.35. The number of epoxide rings is 1. The molecule has 0 bridgehead atoms. The molecule has 0 aromatic heterocycles. The third kappa shape index (κ3) is 2.61. The van der Waals surface area contributed by atoms with Gasteiger partial charge in [-0.25, -0.2) is 0 Å². The van der Waals surface area contributed by atoms with E-state index in [4.69, 9.17) is 32.7 Å². The van der Waals surface area contributed by atoms with Crippen LogP contribution >= 0.6 is 23.2 Å². The maximum atomic E-state index is 5.96. The van der Waals surface area contributed by atoms with E-state index in [2.05, 4.69) is 0 Å². The lowest BCUT2D eigenvalue weighted by Gasteiger charge is -2.06. The first kappa shape index (κ1) is 10.2. The van der Waals surface area contributed by atoms with E-state index >= 15 is 0 Å². The van der Waals surface area contributed by atoms with Crippen LogP contribution in [0.3, 0.4) is 0 Å². The Bertz CT molecular complexity index is 304. The number of ether oxygens (including phenoxy) is 2. The Morgan fingerprint density at radius 1 is 1.36 bits per heavy atom. The van der Waals surface area contributed by atoms with Crippen LogP contribution < -0.4 is 0 Å². The van der Waals surface area contributed by atoms with Crippen molar-refractivity contribution in [1.29, 1.82) is 0 Å². The van der Waals surface area contributed by atoms with Crippen LogP contribution in [0.1, 0.15) is 5.56 Å². The molecule has 0 radical (unpaired) electrons. The Kier molecular flexibility index (Phi) is 3.29. The lowest BCUT2D eigenvalue weighted by atomic mass is 10.2. The van der Waals surface area contributed by atoms with Gasteiger partial charge < -0.3 is 9.47 Å². The topological polar surface area (TPSA) is 21.8 Å². The molecule has 0 aliphatic carbocycles. The second-order valence-electron chi connectivity index (χ2n) is 3.17. The molecule has 1 unspecified atom stereocenters. The molecular weight excluding hydrogens is 223 g/mol. The van der Waals surface area contributed by atoms with Gasteiger partial charge in [0.25, 0.3) is 0 Å². The summed E-state index contributed by atoms with van der Waals surface area (Å²) < 4.78 is 10.4. The molecule has 0 amide bonds. The molecule has 1 aromatic carbocycles. The summed E-state index contributed by atoms with van der Waals surface area (Å²) in [6.07, 6.45) is 0.274. The van der Waals surface area contributed by atoms with E-state index in [0.717, 1.165) is 12.2 Å². The van der Waals surface area contributed by atoms with Crippen molar-refractivity contribution in [2.75, 3.05) is 13.2 Å². The van der Waals surface area contributed by atoms with Crippen LogP contribution in [0.4, 0.5) is 0 Å². The largest absolute Gasteiger partial charge is 0.374 e. The fourth-order valence-electron chi connectivity index (χ4n) is 1.13. The molecule has 1 saturated heterocycles. The van der Waals surface area contributed by atoms with E-state index < -0.39 is 0 Å². The van der Waals surface area contributed by atoms with Crippen molar-refractivity contribution < 1.29 is 9.47 Å². The fourth-order valence-corrected chi connectivity index (χ4v) is 1.63. The Hall–Kier alpha value is -0.280. The van der Waals surface area contributed by atoms with Crippen molar-refractivity contribution in [3.05, 3.63) is 33.8 Å². The van der Waals surface area contributed by atoms with Gasteiger partial charge in [-0.3, -0.25) is 0 Å². The maximum absolute atomic E-state index is 5.96. The van der Waals surface area contributed by atoms with Crippen LogP contribution in [0, 0.1) is 0 Å². The summed E-state index contributed by atoms with van der Waals surface area (Å²) in [5.41, 5.74) is 0.844. The van der Waals surface area contributed by atoms with Gasteiger partial charge in [0.2, 0.25) is 0 Å². The van der Waals surface area contributed by atoms with Crippen molar-refractivity contribution in [3.63, 3.8) is 0 Å². The first-order chi connectivity index (χ1) is 6.77. The minimum atomic E-state index is 0.274. The molecular formula is C10H10Cl2O2. The zero-order valence-electron chi connectivity index (χ0n) is 7.50. The van der Waals surface area contributed by atoms with Crippen molar-refractivity contribution in [2.45, 2.75) is 12.7 Å². The van der Waals surface area contributed by atoms with E-state index in [0.29, 0.717) is 23.3 Å². The fraction of sp³-hybridized carbons (Fsp3) is 0.400. The Labute approximate surface area is 92.7 Å². The summed E-state index contributed by atoms with van der Waals surface area (Å²) in [5.74, 6) is 0. The third-order valence-corrected chi connectivity index (χ3v) is 2.72. The monoisotopic (exact) mass is 232 g/mol. The number of hydrogen-bond donors (Lipinski definition) is 0. The van der Waals surface area contributed by atoms with Crippen LogP contribution in [-0.4, -0.2) is 19.3 Å². The third-order valence-electron chi connectivity index (χ3n) is 2.01. The predicted molar refractivity (Wildman–Crippen MR) is 55.9 cm³/mol. The standard InChI is InChI=1S/C10H10Cl2O2/c11-9-2-1-3-10(12)8(9)6-13-4-7-5-14-7/h1-3,7H,4-6H2. The van der Waals surface area contributed by atoms with E-state index in [1.54, 1.807) is 12.1 Å². The van der Waals surface area contributed by atoms with Crippen LogP contribution in [-0.2, 0) is 16.1 Å². The van der Waals surface area contributed by atoms with E-state index in [-0.39, 0.29) is 6.10 Å². The van der Waals surface area contributed by atoms with Gasteiger partial charge in [0, 0.05) is 15.6 Å². The molecule has 14 heavy (non-hydrogen) atoms. The van der Waals surface area contributed by atoms with Crippen molar-refractivity contribution >= 4 is 23.2 Å². The molecule has 1 aliphatic heterocycles. The Balaban J connectivity index is 1.92. The number of halogens is 2. The van der Waals surface area contributed by atoms with Gasteiger partial charge >= 0.3 is 0 Å². The van der Waals surface area contributed by atoms with Gasteiger partial charge in [-0.15, -0.1) is 0 Å². The van der Waals surface area contributed by atoms with Gasteiger partial charge in [-0.05, 0) is 12.1 Å². The molecule has 0 saturated carbocycles. The highest BCUT2D eigenvalue weighted by Crippen LogP contribution is 2.25. The molecule has 0 N–H and O–H groups in total. The molecule has 1 fully saturated rings. The highest BCUT2D eigenvalue weighted by atomic mass is 35.5. The van der Waals surface area contributed by atoms with Crippen LogP contribution in [0.2, 0.25) is 10.0 Å². The average Bonchev–Trinajstić information content (AvgIpc) is 2.94. The zero-order chi connectivity index (χ0) is 9.97. The highest BCUT2D eigenvalue weighted by Gasteiger charge is 2.22.